The van der Waals surface area contributed by atoms with Crippen molar-refractivity contribution in [2.45, 2.75) is 39.8 Å². The van der Waals surface area contributed by atoms with Gasteiger partial charge in [0, 0.05) is 25.7 Å². The van der Waals surface area contributed by atoms with E-state index >= 15 is 0 Å². The zero-order chi connectivity index (χ0) is 12.3. The summed E-state index contributed by atoms with van der Waals surface area (Å²) in [6.07, 6.45) is 3.03. The van der Waals surface area contributed by atoms with Gasteiger partial charge in [0.2, 0.25) is 5.89 Å². The van der Waals surface area contributed by atoms with Gasteiger partial charge in [0.05, 0.1) is 12.7 Å². The van der Waals surface area contributed by atoms with Crippen LogP contribution in [0.4, 0.5) is 0 Å². The standard InChI is InChI=1S/C13H23N3O/c1-10(2)6-12-8-16(5-4-14-12)9-13-15-7-11(3)17-13/h7,10,12,14H,4-6,8-9H2,1-3H3. The first-order chi connectivity index (χ1) is 8.13. The molecule has 1 aliphatic rings. The molecule has 1 saturated heterocycles. The van der Waals surface area contributed by atoms with Gasteiger partial charge in [0.15, 0.2) is 0 Å². The van der Waals surface area contributed by atoms with E-state index in [2.05, 4.69) is 29.0 Å². The van der Waals surface area contributed by atoms with Crippen molar-refractivity contribution in [3.63, 3.8) is 0 Å². The van der Waals surface area contributed by atoms with Crippen molar-refractivity contribution >= 4 is 0 Å². The molecule has 0 aliphatic carbocycles. The lowest BCUT2D eigenvalue weighted by atomic mass is 10.0. The van der Waals surface area contributed by atoms with E-state index in [0.717, 1.165) is 43.7 Å². The highest BCUT2D eigenvalue weighted by atomic mass is 16.4. The lowest BCUT2D eigenvalue weighted by Gasteiger charge is -2.33. The van der Waals surface area contributed by atoms with Crippen molar-refractivity contribution in [1.29, 1.82) is 0 Å². The predicted octanol–water partition coefficient (Wildman–Crippen LogP) is 1.80. The van der Waals surface area contributed by atoms with Crippen LogP contribution < -0.4 is 5.32 Å². The lowest BCUT2D eigenvalue weighted by Crippen LogP contribution is -2.50. The van der Waals surface area contributed by atoms with E-state index in [0.29, 0.717) is 6.04 Å². The van der Waals surface area contributed by atoms with Gasteiger partial charge in [-0.25, -0.2) is 4.98 Å². The Morgan fingerprint density at radius 1 is 1.59 bits per heavy atom. The monoisotopic (exact) mass is 237 g/mol. The minimum atomic E-state index is 0.611. The van der Waals surface area contributed by atoms with Crippen LogP contribution in [0.15, 0.2) is 10.6 Å². The van der Waals surface area contributed by atoms with E-state index in [9.17, 15) is 0 Å². The molecular formula is C13H23N3O. The van der Waals surface area contributed by atoms with Crippen LogP contribution in [0.5, 0.6) is 0 Å². The van der Waals surface area contributed by atoms with Gasteiger partial charge in [-0.3, -0.25) is 4.90 Å². The molecule has 4 heteroatoms. The second-order valence-corrected chi connectivity index (χ2v) is 5.38. The van der Waals surface area contributed by atoms with Crippen LogP contribution in [0, 0.1) is 12.8 Å². The molecule has 0 amide bonds. The molecule has 1 aromatic heterocycles. The average Bonchev–Trinajstić information content (AvgIpc) is 2.63. The van der Waals surface area contributed by atoms with E-state index in [-0.39, 0.29) is 0 Å². The molecular weight excluding hydrogens is 214 g/mol. The summed E-state index contributed by atoms with van der Waals surface area (Å²) in [5.74, 6) is 2.48. The van der Waals surface area contributed by atoms with Crippen LogP contribution in [-0.2, 0) is 6.54 Å². The smallest absolute Gasteiger partial charge is 0.208 e. The molecule has 0 spiro atoms. The molecule has 1 atom stereocenters. The molecule has 1 unspecified atom stereocenters. The summed E-state index contributed by atoms with van der Waals surface area (Å²) in [7, 11) is 0. The molecule has 1 fully saturated rings. The number of nitrogens with zero attached hydrogens (tertiary/aromatic N) is 2. The minimum Gasteiger partial charge on any atom is -0.445 e. The van der Waals surface area contributed by atoms with Crippen molar-refractivity contribution in [3.8, 4) is 0 Å². The van der Waals surface area contributed by atoms with Crippen molar-refractivity contribution in [3.05, 3.63) is 17.8 Å². The molecule has 0 radical (unpaired) electrons. The average molecular weight is 237 g/mol. The summed E-state index contributed by atoms with van der Waals surface area (Å²) in [6.45, 7) is 10.6. The SMILES string of the molecule is Cc1cnc(CN2CCNC(CC(C)C)C2)o1. The Morgan fingerprint density at radius 2 is 2.41 bits per heavy atom. The molecule has 0 aromatic carbocycles. The molecule has 1 aromatic rings. The summed E-state index contributed by atoms with van der Waals surface area (Å²) < 4.78 is 5.53. The zero-order valence-electron chi connectivity index (χ0n) is 11.1. The number of rotatable bonds is 4. The Hall–Kier alpha value is -0.870. The summed E-state index contributed by atoms with van der Waals surface area (Å²) in [6, 6.07) is 0.611. The normalized spacial score (nSPS) is 22.2. The number of hydrogen-bond donors (Lipinski definition) is 1. The molecule has 17 heavy (non-hydrogen) atoms. The van der Waals surface area contributed by atoms with Gasteiger partial charge in [0.1, 0.15) is 5.76 Å². The summed E-state index contributed by atoms with van der Waals surface area (Å²) >= 11 is 0. The van der Waals surface area contributed by atoms with Gasteiger partial charge in [0.25, 0.3) is 0 Å². The quantitative estimate of drug-likeness (QED) is 0.867. The Kier molecular flexibility index (Phi) is 4.18. The Morgan fingerprint density at radius 3 is 3.06 bits per heavy atom. The summed E-state index contributed by atoms with van der Waals surface area (Å²) in [5, 5.41) is 3.58. The Bertz CT molecular complexity index is 348. The number of aromatic nitrogens is 1. The predicted molar refractivity (Wildman–Crippen MR) is 67.8 cm³/mol. The molecule has 0 bridgehead atoms. The van der Waals surface area contributed by atoms with Crippen LogP contribution >= 0.6 is 0 Å². The zero-order valence-corrected chi connectivity index (χ0v) is 11.1. The van der Waals surface area contributed by atoms with Gasteiger partial charge in [-0.15, -0.1) is 0 Å². The second-order valence-electron chi connectivity index (χ2n) is 5.38. The molecule has 2 rings (SSSR count). The lowest BCUT2D eigenvalue weighted by molar-refractivity contribution is 0.166. The van der Waals surface area contributed by atoms with E-state index < -0.39 is 0 Å². The number of hydrogen-bond acceptors (Lipinski definition) is 4. The third kappa shape index (κ3) is 3.82. The molecule has 4 nitrogen and oxygen atoms in total. The van der Waals surface area contributed by atoms with Crippen molar-refractivity contribution in [2.24, 2.45) is 5.92 Å². The fraction of sp³-hybridized carbons (Fsp3) is 0.769. The largest absolute Gasteiger partial charge is 0.445 e. The van der Waals surface area contributed by atoms with Crippen LogP contribution in [0.1, 0.15) is 31.9 Å². The minimum absolute atomic E-state index is 0.611. The van der Waals surface area contributed by atoms with E-state index in [1.165, 1.54) is 6.42 Å². The summed E-state index contributed by atoms with van der Waals surface area (Å²) in [5.41, 5.74) is 0. The number of nitrogens with one attached hydrogen (secondary N) is 1. The van der Waals surface area contributed by atoms with Gasteiger partial charge in [-0.05, 0) is 19.3 Å². The van der Waals surface area contributed by atoms with Gasteiger partial charge in [-0.1, -0.05) is 13.8 Å². The van der Waals surface area contributed by atoms with Crippen molar-refractivity contribution < 1.29 is 4.42 Å². The van der Waals surface area contributed by atoms with E-state index in [1.54, 1.807) is 6.20 Å². The first kappa shape index (κ1) is 12.6. The van der Waals surface area contributed by atoms with Gasteiger partial charge < -0.3 is 9.73 Å². The third-order valence-corrected chi connectivity index (χ3v) is 3.12. The summed E-state index contributed by atoms with van der Waals surface area (Å²) in [4.78, 5) is 6.69. The van der Waals surface area contributed by atoms with E-state index in [1.807, 2.05) is 6.92 Å². The van der Waals surface area contributed by atoms with Gasteiger partial charge in [-0.2, -0.15) is 0 Å². The second kappa shape index (κ2) is 5.65. The Labute approximate surface area is 103 Å². The van der Waals surface area contributed by atoms with Crippen LogP contribution in [-0.4, -0.2) is 35.6 Å². The fourth-order valence-electron chi connectivity index (χ4n) is 2.43. The molecule has 96 valence electrons. The number of piperazine rings is 1. The highest BCUT2D eigenvalue weighted by molar-refractivity contribution is 4.91. The van der Waals surface area contributed by atoms with Gasteiger partial charge >= 0.3 is 0 Å². The molecule has 1 N–H and O–H groups in total. The maximum atomic E-state index is 5.53. The van der Waals surface area contributed by atoms with Crippen LogP contribution in [0.3, 0.4) is 0 Å². The van der Waals surface area contributed by atoms with Crippen molar-refractivity contribution in [2.75, 3.05) is 19.6 Å². The molecule has 0 saturated carbocycles. The van der Waals surface area contributed by atoms with E-state index in [4.69, 9.17) is 4.42 Å². The first-order valence-corrected chi connectivity index (χ1v) is 6.50. The fourth-order valence-corrected chi connectivity index (χ4v) is 2.43. The van der Waals surface area contributed by atoms with Crippen LogP contribution in [0.2, 0.25) is 0 Å². The number of oxazole rings is 1. The highest BCUT2D eigenvalue weighted by Gasteiger charge is 2.21. The third-order valence-electron chi connectivity index (χ3n) is 3.12. The van der Waals surface area contributed by atoms with Crippen LogP contribution in [0.25, 0.3) is 0 Å². The molecule has 2 heterocycles. The topological polar surface area (TPSA) is 41.3 Å². The number of aryl methyl sites for hydroxylation is 1. The maximum absolute atomic E-state index is 5.53. The van der Waals surface area contributed by atoms with Crippen molar-refractivity contribution in [1.82, 2.24) is 15.2 Å². The first-order valence-electron chi connectivity index (χ1n) is 6.50. The Balaban J connectivity index is 1.85. The highest BCUT2D eigenvalue weighted by Crippen LogP contribution is 2.12. The maximum Gasteiger partial charge on any atom is 0.208 e. The molecule has 1 aliphatic heterocycles.